The van der Waals surface area contributed by atoms with Gasteiger partial charge in [0.2, 0.25) is 18.5 Å². The highest BCUT2D eigenvalue weighted by Gasteiger charge is 2.43. The number of ketones is 1. The van der Waals surface area contributed by atoms with E-state index in [9.17, 15) is 19.2 Å². The van der Waals surface area contributed by atoms with Gasteiger partial charge in [0.15, 0.2) is 17.9 Å². The number of rotatable bonds is 22. The fraction of sp³-hybridized carbons (Fsp3) is 0.667. The Balaban J connectivity index is 1.84. The first kappa shape index (κ1) is 43.2. The number of benzene rings is 1. The van der Waals surface area contributed by atoms with Crippen molar-refractivity contribution in [2.24, 2.45) is 34.8 Å². The molecule has 1 aromatic heterocycles. The number of ether oxygens (including phenoxy) is 6. The molecule has 1 aliphatic rings. The van der Waals surface area contributed by atoms with Crippen molar-refractivity contribution in [2.45, 2.75) is 99.1 Å². The number of hydrogen-bond donors (Lipinski definition) is 1. The molecule has 0 unspecified atom stereocenters. The van der Waals surface area contributed by atoms with Crippen LogP contribution in [-0.4, -0.2) is 86.7 Å². The monoisotopic (exact) mass is 745 g/mol. The second-order valence-electron chi connectivity index (χ2n) is 15.0. The minimum Gasteiger partial charge on any atom is -0.493 e. The summed E-state index contributed by atoms with van der Waals surface area (Å²) >= 11 is 0. The average Bonchev–Trinajstić information content (AvgIpc) is 3.72. The lowest BCUT2D eigenvalue weighted by atomic mass is 9.78. The van der Waals surface area contributed by atoms with Crippen molar-refractivity contribution in [2.75, 3.05) is 41.0 Å². The number of methoxy groups -OCH3 is 2. The van der Waals surface area contributed by atoms with E-state index in [1.54, 1.807) is 35.0 Å². The van der Waals surface area contributed by atoms with Crippen molar-refractivity contribution in [3.8, 4) is 11.5 Å². The third kappa shape index (κ3) is 12.4. The molecule has 2 aromatic rings. The van der Waals surface area contributed by atoms with E-state index in [4.69, 9.17) is 38.6 Å². The lowest BCUT2D eigenvalue weighted by Crippen LogP contribution is -2.43. The summed E-state index contributed by atoms with van der Waals surface area (Å²) in [7, 11) is 3.25. The van der Waals surface area contributed by atoms with Gasteiger partial charge in [0.1, 0.15) is 12.5 Å². The molecule has 53 heavy (non-hydrogen) atoms. The molecule has 1 fully saturated rings. The highest BCUT2D eigenvalue weighted by Crippen LogP contribution is 2.36. The Bertz CT molecular complexity index is 1510. The quantitative estimate of drug-likeness (QED) is 0.0832. The minimum absolute atomic E-state index is 0.0176. The van der Waals surface area contributed by atoms with Crippen LogP contribution in [0.2, 0.25) is 0 Å². The van der Waals surface area contributed by atoms with Gasteiger partial charge in [-0.3, -0.25) is 14.5 Å². The van der Waals surface area contributed by atoms with E-state index in [0.29, 0.717) is 56.1 Å². The van der Waals surface area contributed by atoms with Crippen LogP contribution in [0, 0.1) is 36.0 Å². The Labute approximate surface area is 313 Å². The molecule has 0 spiro atoms. The van der Waals surface area contributed by atoms with Crippen LogP contribution >= 0.6 is 0 Å². The van der Waals surface area contributed by atoms with Crippen LogP contribution in [0.5, 0.6) is 11.5 Å². The number of oxazole rings is 1. The number of nitrogens with two attached hydrogens (primary N) is 1. The summed E-state index contributed by atoms with van der Waals surface area (Å²) in [5.74, 6) is -0.175. The number of amides is 2. The van der Waals surface area contributed by atoms with Crippen molar-refractivity contribution in [1.29, 1.82) is 0 Å². The van der Waals surface area contributed by atoms with Crippen molar-refractivity contribution >= 4 is 23.8 Å². The van der Waals surface area contributed by atoms with E-state index < -0.39 is 42.3 Å². The van der Waals surface area contributed by atoms with Crippen LogP contribution in [0.25, 0.3) is 0 Å². The van der Waals surface area contributed by atoms with Crippen molar-refractivity contribution < 1.29 is 52.0 Å². The molecule has 2 heterocycles. The van der Waals surface area contributed by atoms with Gasteiger partial charge in [0.05, 0.1) is 31.6 Å². The first-order chi connectivity index (χ1) is 25.1. The summed E-state index contributed by atoms with van der Waals surface area (Å²) < 4.78 is 38.7. The fourth-order valence-corrected chi connectivity index (χ4v) is 6.38. The molecule has 1 aromatic carbocycles. The number of Topliss-reactive ketones (excluding diaryl/α,β-unsaturated/α-hetero) is 1. The topological polar surface area (TPSA) is 179 Å². The van der Waals surface area contributed by atoms with Crippen LogP contribution in [0.4, 0.5) is 4.79 Å². The van der Waals surface area contributed by atoms with Gasteiger partial charge in [-0.2, -0.15) is 0 Å². The summed E-state index contributed by atoms with van der Waals surface area (Å²) in [6.45, 7) is 13.7. The molecular formula is C39H59N3O11. The zero-order chi connectivity index (χ0) is 39.3. The number of carbonyl (C=O) groups excluding carboxylic acids is 4. The third-order valence-corrected chi connectivity index (χ3v) is 10.1. The second-order valence-corrected chi connectivity index (χ2v) is 15.0. The lowest BCUT2D eigenvalue weighted by molar-refractivity contribution is -0.129. The largest absolute Gasteiger partial charge is 0.493 e. The molecule has 4 atom stereocenters. The Morgan fingerprint density at radius 3 is 2.36 bits per heavy atom. The first-order valence-electron chi connectivity index (χ1n) is 18.3. The SMILES string of the molecule is COCCCOc1cc(C[C@@H](C[C@H]2[C@H](C[C@H](C(=O)CCC(C)(C)C(N)=O)C(C)C)OCN2C(=O)OCOC(=O)c2ocnc2C)C(C)C)ccc1OC. The molecule has 3 rings (SSSR count). The normalized spacial score (nSPS) is 17.2. The van der Waals surface area contributed by atoms with E-state index in [1.165, 1.54) is 4.90 Å². The molecule has 14 heteroatoms. The maximum Gasteiger partial charge on any atom is 0.414 e. The van der Waals surface area contributed by atoms with Gasteiger partial charge in [-0.1, -0.05) is 47.6 Å². The van der Waals surface area contributed by atoms with Gasteiger partial charge < -0.3 is 38.6 Å². The second kappa shape index (κ2) is 20.3. The zero-order valence-electron chi connectivity index (χ0n) is 32.8. The number of aromatic nitrogens is 1. The standard InChI is InChI=1S/C39H59N3O11/c1-24(2)28(17-27-11-12-32(48-9)34(18-27)49-16-10-15-47-8)19-30-33(20-29(25(3)4)31(43)13-14-39(6,7)37(40)45)51-22-42(30)38(46)53-23-52-36(44)35-26(5)41-21-50-35/h11-12,18,21,24-25,28-30,33H,10,13-17,19-20,22-23H2,1-9H3,(H2,40,45)/t28-,29-,30-,33-/m0/s1. The molecule has 296 valence electrons. The molecule has 2 amide bonds. The van der Waals surface area contributed by atoms with Crippen molar-refractivity contribution in [3.05, 3.63) is 41.6 Å². The van der Waals surface area contributed by atoms with E-state index >= 15 is 0 Å². The number of esters is 1. The zero-order valence-corrected chi connectivity index (χ0v) is 32.8. The third-order valence-electron chi connectivity index (χ3n) is 10.1. The molecule has 0 aliphatic carbocycles. The number of nitrogens with zero attached hydrogens (tertiary/aromatic N) is 2. The van der Waals surface area contributed by atoms with Gasteiger partial charge in [-0.05, 0) is 68.1 Å². The highest BCUT2D eigenvalue weighted by molar-refractivity contribution is 5.87. The molecule has 1 aliphatic heterocycles. The Kier molecular flexibility index (Phi) is 16.6. The molecule has 14 nitrogen and oxygen atoms in total. The number of carbonyl (C=O) groups is 4. The van der Waals surface area contributed by atoms with Crippen LogP contribution in [0.1, 0.15) is 95.5 Å². The Morgan fingerprint density at radius 2 is 1.75 bits per heavy atom. The molecule has 0 bridgehead atoms. The summed E-state index contributed by atoms with van der Waals surface area (Å²) in [6.07, 6.45) is 2.77. The van der Waals surface area contributed by atoms with Crippen molar-refractivity contribution in [1.82, 2.24) is 9.88 Å². The van der Waals surface area contributed by atoms with Gasteiger partial charge in [-0.15, -0.1) is 0 Å². The molecule has 1 saturated heterocycles. The van der Waals surface area contributed by atoms with Crippen LogP contribution < -0.4 is 15.2 Å². The van der Waals surface area contributed by atoms with Gasteiger partial charge >= 0.3 is 12.1 Å². The lowest BCUT2D eigenvalue weighted by Gasteiger charge is -2.33. The summed E-state index contributed by atoms with van der Waals surface area (Å²) in [5.41, 5.74) is 6.15. The predicted molar refractivity (Wildman–Crippen MR) is 195 cm³/mol. The Morgan fingerprint density at radius 1 is 1.02 bits per heavy atom. The summed E-state index contributed by atoms with van der Waals surface area (Å²) in [6, 6.07) is 5.43. The van der Waals surface area contributed by atoms with E-state index in [2.05, 4.69) is 18.8 Å². The van der Waals surface area contributed by atoms with E-state index in [1.807, 2.05) is 32.0 Å². The summed E-state index contributed by atoms with van der Waals surface area (Å²) in [4.78, 5) is 57.0. The van der Waals surface area contributed by atoms with Crippen molar-refractivity contribution in [3.63, 3.8) is 0 Å². The molecule has 0 saturated carbocycles. The van der Waals surface area contributed by atoms with E-state index in [-0.39, 0.29) is 48.4 Å². The van der Waals surface area contributed by atoms with E-state index in [0.717, 1.165) is 18.4 Å². The maximum atomic E-state index is 13.7. The predicted octanol–water partition coefficient (Wildman–Crippen LogP) is 6.11. The van der Waals surface area contributed by atoms with Crippen LogP contribution in [0.3, 0.4) is 0 Å². The van der Waals surface area contributed by atoms with Gasteiger partial charge in [0, 0.05) is 37.9 Å². The first-order valence-corrected chi connectivity index (χ1v) is 18.3. The average molecular weight is 746 g/mol. The minimum atomic E-state index is -0.819. The maximum absolute atomic E-state index is 13.7. The molecular weight excluding hydrogens is 686 g/mol. The van der Waals surface area contributed by atoms with Crippen LogP contribution in [0.15, 0.2) is 29.0 Å². The Hall–Kier alpha value is -4.17. The van der Waals surface area contributed by atoms with Gasteiger partial charge in [0.25, 0.3) is 0 Å². The molecule has 2 N–H and O–H groups in total. The highest BCUT2D eigenvalue weighted by atomic mass is 16.7. The number of hydrogen-bond acceptors (Lipinski definition) is 12. The number of aryl methyl sites for hydroxylation is 1. The molecule has 0 radical (unpaired) electrons. The summed E-state index contributed by atoms with van der Waals surface area (Å²) in [5, 5.41) is 0. The van der Waals surface area contributed by atoms with Gasteiger partial charge in [-0.25, -0.2) is 14.6 Å². The fourth-order valence-electron chi connectivity index (χ4n) is 6.38. The smallest absolute Gasteiger partial charge is 0.414 e. The van der Waals surface area contributed by atoms with Crippen LogP contribution in [-0.2, 0) is 35.0 Å². The number of primary amides is 1.